The van der Waals surface area contributed by atoms with Gasteiger partial charge in [0.05, 0.1) is 30.8 Å². The second-order valence-electron chi connectivity index (χ2n) is 8.52. The normalized spacial score (nSPS) is 26.3. The molecule has 0 aromatic heterocycles. The van der Waals surface area contributed by atoms with Crippen LogP contribution in [0.4, 0.5) is 11.4 Å². The van der Waals surface area contributed by atoms with Crippen molar-refractivity contribution in [2.45, 2.75) is 49.0 Å². The molecule has 39 heavy (non-hydrogen) atoms. The van der Waals surface area contributed by atoms with E-state index < -0.39 is 62.2 Å². The minimum atomic E-state index is -1.81. The van der Waals surface area contributed by atoms with Gasteiger partial charge < -0.3 is 45.2 Å². The Labute approximate surface area is 240 Å². The van der Waals surface area contributed by atoms with Crippen molar-refractivity contribution in [2.24, 2.45) is 10.2 Å². The summed E-state index contributed by atoms with van der Waals surface area (Å²) in [5.74, 6) is 0. The Balaban J connectivity index is 1.87. The van der Waals surface area contributed by atoms with E-state index in [1.807, 2.05) is 0 Å². The predicted octanol–water partition coefficient (Wildman–Crippen LogP) is -0.0234. The lowest BCUT2D eigenvalue weighted by Gasteiger charge is -2.41. The van der Waals surface area contributed by atoms with Crippen LogP contribution in [0.15, 0.2) is 67.7 Å². The molecule has 1 aliphatic rings. The lowest BCUT2D eigenvalue weighted by molar-refractivity contribution is -0.322. The monoisotopic (exact) mass is 676 g/mol. The SMILES string of the molecule is OC[C@@H](O)[C@@H](O[C@H]1O[C@H](CO)[C@@H](O)[C@H](O)[C@H]1O)[C@H](O)C(C=NNc1ccc(Br)cc1)=NNc1ccc(Br)cc1. The maximum absolute atomic E-state index is 11.2. The number of aliphatic hydroxyl groups is 7. The van der Waals surface area contributed by atoms with Gasteiger partial charge in [0.15, 0.2) is 6.29 Å². The quantitative estimate of drug-likeness (QED) is 0.108. The van der Waals surface area contributed by atoms with E-state index in [2.05, 4.69) is 52.9 Å². The summed E-state index contributed by atoms with van der Waals surface area (Å²) >= 11 is 6.68. The van der Waals surface area contributed by atoms with Crippen molar-refractivity contribution in [1.82, 2.24) is 0 Å². The average Bonchev–Trinajstić information content (AvgIpc) is 2.94. The first-order valence-corrected chi connectivity index (χ1v) is 13.3. The molecular formula is C24H30Br2N4O9. The van der Waals surface area contributed by atoms with Gasteiger partial charge in [0.1, 0.15) is 48.4 Å². The van der Waals surface area contributed by atoms with Crippen molar-refractivity contribution in [3.05, 3.63) is 57.5 Å². The van der Waals surface area contributed by atoms with Gasteiger partial charge in [-0.2, -0.15) is 10.2 Å². The van der Waals surface area contributed by atoms with E-state index in [1.54, 1.807) is 48.5 Å². The van der Waals surface area contributed by atoms with Crippen molar-refractivity contribution in [3.8, 4) is 0 Å². The zero-order chi connectivity index (χ0) is 28.5. The van der Waals surface area contributed by atoms with Crippen LogP contribution in [0.2, 0.25) is 0 Å². The molecule has 214 valence electrons. The van der Waals surface area contributed by atoms with Crippen molar-refractivity contribution in [2.75, 3.05) is 24.1 Å². The second-order valence-corrected chi connectivity index (χ2v) is 10.4. The minimum absolute atomic E-state index is 0.162. The molecule has 1 fully saturated rings. The van der Waals surface area contributed by atoms with Crippen LogP contribution in [-0.4, -0.2) is 110 Å². The molecule has 9 N–H and O–H groups in total. The van der Waals surface area contributed by atoms with E-state index in [0.29, 0.717) is 11.4 Å². The molecule has 0 saturated carbocycles. The van der Waals surface area contributed by atoms with E-state index >= 15 is 0 Å². The van der Waals surface area contributed by atoms with Crippen LogP contribution in [0, 0.1) is 0 Å². The van der Waals surface area contributed by atoms with E-state index in [1.165, 1.54) is 0 Å². The van der Waals surface area contributed by atoms with Gasteiger partial charge in [-0.05, 0) is 48.5 Å². The highest BCUT2D eigenvalue weighted by molar-refractivity contribution is 9.10. The molecule has 1 saturated heterocycles. The maximum Gasteiger partial charge on any atom is 0.187 e. The Morgan fingerprint density at radius 2 is 1.46 bits per heavy atom. The molecular weight excluding hydrogens is 648 g/mol. The Hall–Kier alpha value is -2.02. The fraction of sp³-hybridized carbons (Fsp3) is 0.417. The number of halogens is 2. The Morgan fingerprint density at radius 1 is 0.897 bits per heavy atom. The van der Waals surface area contributed by atoms with Crippen LogP contribution >= 0.6 is 31.9 Å². The number of rotatable bonds is 12. The highest BCUT2D eigenvalue weighted by Gasteiger charge is 2.46. The minimum Gasteiger partial charge on any atom is -0.394 e. The fourth-order valence-corrected chi connectivity index (χ4v) is 4.03. The van der Waals surface area contributed by atoms with Crippen LogP contribution in [0.3, 0.4) is 0 Å². The largest absolute Gasteiger partial charge is 0.394 e. The fourth-order valence-electron chi connectivity index (χ4n) is 3.50. The molecule has 0 spiro atoms. The molecule has 0 bridgehead atoms. The van der Waals surface area contributed by atoms with Gasteiger partial charge in [0.25, 0.3) is 0 Å². The molecule has 15 heteroatoms. The van der Waals surface area contributed by atoms with E-state index in [4.69, 9.17) is 9.47 Å². The third-order valence-electron chi connectivity index (χ3n) is 5.71. The number of ether oxygens (including phenoxy) is 2. The molecule has 0 radical (unpaired) electrons. The molecule has 1 aliphatic heterocycles. The Kier molecular flexibility index (Phi) is 12.2. The summed E-state index contributed by atoms with van der Waals surface area (Å²) in [5.41, 5.74) is 6.54. The summed E-state index contributed by atoms with van der Waals surface area (Å²) in [5, 5.41) is 79.4. The molecule has 8 atom stereocenters. The van der Waals surface area contributed by atoms with Crippen molar-refractivity contribution >= 4 is 55.2 Å². The highest BCUT2D eigenvalue weighted by atomic mass is 79.9. The zero-order valence-corrected chi connectivity index (χ0v) is 23.5. The summed E-state index contributed by atoms with van der Waals surface area (Å²) < 4.78 is 12.6. The molecule has 0 amide bonds. The molecule has 0 unspecified atom stereocenters. The number of aliphatic hydroxyl groups excluding tert-OH is 7. The molecule has 13 nitrogen and oxygen atoms in total. The summed E-state index contributed by atoms with van der Waals surface area (Å²) in [4.78, 5) is 0. The van der Waals surface area contributed by atoms with Gasteiger partial charge in [0, 0.05) is 8.95 Å². The molecule has 0 aliphatic carbocycles. The van der Waals surface area contributed by atoms with Crippen LogP contribution in [0.1, 0.15) is 0 Å². The molecule has 3 rings (SSSR count). The predicted molar refractivity (Wildman–Crippen MR) is 149 cm³/mol. The first kappa shape index (κ1) is 31.5. The van der Waals surface area contributed by atoms with Crippen LogP contribution < -0.4 is 10.9 Å². The van der Waals surface area contributed by atoms with Gasteiger partial charge in [-0.25, -0.2) is 0 Å². The molecule has 2 aromatic rings. The number of nitrogens with one attached hydrogen (secondary N) is 2. The summed E-state index contributed by atoms with van der Waals surface area (Å²) in [7, 11) is 0. The lowest BCUT2D eigenvalue weighted by atomic mass is 9.98. The summed E-state index contributed by atoms with van der Waals surface area (Å²) in [6, 6.07) is 14.0. The number of hydrogen-bond acceptors (Lipinski definition) is 13. The summed E-state index contributed by atoms with van der Waals surface area (Å²) in [6.45, 7) is -1.57. The second kappa shape index (κ2) is 15.1. The van der Waals surface area contributed by atoms with Crippen molar-refractivity contribution in [3.63, 3.8) is 0 Å². The Morgan fingerprint density at radius 3 is 2.00 bits per heavy atom. The zero-order valence-electron chi connectivity index (χ0n) is 20.3. The first-order chi connectivity index (χ1) is 18.6. The van der Waals surface area contributed by atoms with Crippen molar-refractivity contribution in [1.29, 1.82) is 0 Å². The van der Waals surface area contributed by atoms with E-state index in [-0.39, 0.29) is 5.71 Å². The topological polar surface area (TPSA) is 209 Å². The average molecular weight is 678 g/mol. The van der Waals surface area contributed by atoms with E-state index in [9.17, 15) is 35.7 Å². The number of hydrazone groups is 2. The third-order valence-corrected chi connectivity index (χ3v) is 6.77. The van der Waals surface area contributed by atoms with Crippen LogP contribution in [0.5, 0.6) is 0 Å². The number of anilines is 2. The van der Waals surface area contributed by atoms with Gasteiger partial charge in [0.2, 0.25) is 0 Å². The first-order valence-electron chi connectivity index (χ1n) is 11.7. The lowest BCUT2D eigenvalue weighted by Crippen LogP contribution is -2.61. The molecule has 1 heterocycles. The Bertz CT molecular complexity index is 1090. The maximum atomic E-state index is 11.2. The number of benzene rings is 2. The van der Waals surface area contributed by atoms with Crippen LogP contribution in [0.25, 0.3) is 0 Å². The standard InChI is InChI=1S/C24H30Br2N4O9/c25-12-1-5-14(6-2-12)28-27-9-16(30-29-15-7-3-13(26)4-8-15)19(34)23(17(33)10-31)39-24-22(37)21(36)20(35)18(11-32)38-24/h1-9,17-24,28-29,31-37H,10-11H2/t17-,18-,19-,20-,21+,22-,23-,24-/m1/s1. The van der Waals surface area contributed by atoms with Gasteiger partial charge >= 0.3 is 0 Å². The number of nitrogens with zero attached hydrogens (tertiary/aromatic N) is 2. The smallest absolute Gasteiger partial charge is 0.187 e. The van der Waals surface area contributed by atoms with Gasteiger partial charge in [-0.1, -0.05) is 31.9 Å². The third kappa shape index (κ3) is 8.73. The van der Waals surface area contributed by atoms with Crippen molar-refractivity contribution < 1.29 is 45.2 Å². The highest BCUT2D eigenvalue weighted by Crippen LogP contribution is 2.25. The summed E-state index contributed by atoms with van der Waals surface area (Å²) in [6.07, 6.45) is -12.2. The van der Waals surface area contributed by atoms with Gasteiger partial charge in [-0.15, -0.1) is 0 Å². The van der Waals surface area contributed by atoms with Crippen LogP contribution in [-0.2, 0) is 9.47 Å². The molecule has 2 aromatic carbocycles. The number of hydrogen-bond donors (Lipinski definition) is 9. The van der Waals surface area contributed by atoms with Gasteiger partial charge in [-0.3, -0.25) is 10.9 Å². The van der Waals surface area contributed by atoms with E-state index in [0.717, 1.165) is 15.2 Å².